The molecular formula is C14H11ClIN3O. The summed E-state index contributed by atoms with van der Waals surface area (Å²) in [5.41, 5.74) is 3.16. The zero-order valence-corrected chi connectivity index (χ0v) is 13.7. The predicted octanol–water partition coefficient (Wildman–Crippen LogP) is 3.54. The molecule has 2 aromatic rings. The predicted molar refractivity (Wildman–Crippen MR) is 84.9 cm³/mol. The van der Waals surface area contributed by atoms with E-state index in [2.05, 4.69) is 33.8 Å². The molecule has 0 radical (unpaired) electrons. The zero-order chi connectivity index (χ0) is 14.3. The second-order valence-corrected chi connectivity index (χ2v) is 6.19. The molecule has 1 aromatic carbocycles. The van der Waals surface area contributed by atoms with Crippen LogP contribution >= 0.6 is 34.2 Å². The lowest BCUT2D eigenvalue weighted by Gasteiger charge is -2.21. The molecule has 0 aliphatic carbocycles. The number of aryl methyl sites for hydroxylation is 1. The van der Waals surface area contributed by atoms with E-state index in [-0.39, 0.29) is 0 Å². The summed E-state index contributed by atoms with van der Waals surface area (Å²) in [5, 5.41) is 14.4. The van der Waals surface area contributed by atoms with Crippen LogP contribution in [-0.4, -0.2) is 16.4 Å². The van der Waals surface area contributed by atoms with Gasteiger partial charge >= 0.3 is 0 Å². The van der Waals surface area contributed by atoms with Crippen LogP contribution in [0.3, 0.4) is 0 Å². The van der Waals surface area contributed by atoms with Gasteiger partial charge in [0.15, 0.2) is 0 Å². The summed E-state index contributed by atoms with van der Waals surface area (Å²) < 4.78 is 8.44. The molecule has 0 amide bonds. The van der Waals surface area contributed by atoms with Crippen molar-refractivity contribution in [2.75, 3.05) is 6.61 Å². The maximum atomic E-state index is 9.54. The maximum absolute atomic E-state index is 9.54. The van der Waals surface area contributed by atoms with Gasteiger partial charge in [0.25, 0.3) is 0 Å². The van der Waals surface area contributed by atoms with E-state index in [9.17, 15) is 5.26 Å². The van der Waals surface area contributed by atoms with Crippen molar-refractivity contribution in [3.8, 4) is 23.1 Å². The fourth-order valence-corrected chi connectivity index (χ4v) is 3.55. The average molecular weight is 400 g/mol. The Labute approximate surface area is 135 Å². The highest BCUT2D eigenvalue weighted by Gasteiger charge is 2.24. The molecule has 0 saturated heterocycles. The minimum Gasteiger partial charge on any atom is -0.492 e. The molecule has 3 rings (SSSR count). The molecule has 6 heteroatoms. The highest BCUT2D eigenvalue weighted by atomic mass is 127. The number of aromatic nitrogens is 2. The van der Waals surface area contributed by atoms with E-state index in [0.717, 1.165) is 33.2 Å². The topological polar surface area (TPSA) is 50.8 Å². The Morgan fingerprint density at radius 1 is 1.55 bits per heavy atom. The summed E-state index contributed by atoms with van der Waals surface area (Å²) in [4.78, 5) is 0. The van der Waals surface area contributed by atoms with Gasteiger partial charge in [-0.25, -0.2) is 0 Å². The Balaban J connectivity index is 2.33. The molecular weight excluding hydrogens is 389 g/mol. The molecule has 102 valence electrons. The number of fused-ring (bicyclic) bond motifs is 1. The second-order valence-electron chi connectivity index (χ2n) is 4.62. The van der Waals surface area contributed by atoms with Crippen molar-refractivity contribution >= 4 is 34.2 Å². The smallest absolute Gasteiger partial charge is 0.142 e. The molecule has 0 N–H and O–H groups in total. The van der Waals surface area contributed by atoms with Gasteiger partial charge in [-0.15, -0.1) is 0 Å². The molecule has 1 aliphatic heterocycles. The van der Waals surface area contributed by atoms with Crippen LogP contribution in [0.5, 0.6) is 5.75 Å². The Morgan fingerprint density at radius 3 is 3.00 bits per heavy atom. The lowest BCUT2D eigenvalue weighted by atomic mass is 9.96. The van der Waals surface area contributed by atoms with Gasteiger partial charge in [0.2, 0.25) is 0 Å². The van der Waals surface area contributed by atoms with Crippen LogP contribution in [0.2, 0.25) is 5.02 Å². The lowest BCUT2D eigenvalue weighted by molar-refractivity contribution is 0.287. The Bertz CT molecular complexity index is 713. The molecule has 1 aromatic heterocycles. The Morgan fingerprint density at radius 2 is 2.35 bits per heavy atom. The molecule has 2 heterocycles. The summed E-state index contributed by atoms with van der Waals surface area (Å²) in [6, 6.07) is 4.12. The summed E-state index contributed by atoms with van der Waals surface area (Å²) in [6.07, 6.45) is 3.55. The number of nitriles is 1. The second kappa shape index (κ2) is 5.26. The number of rotatable bonds is 1. The fourth-order valence-electron chi connectivity index (χ4n) is 2.49. The first-order chi connectivity index (χ1) is 9.63. The number of nitrogens with zero attached hydrogens (tertiary/aromatic N) is 3. The Kier molecular flexibility index (Phi) is 3.61. The van der Waals surface area contributed by atoms with E-state index in [4.69, 9.17) is 16.3 Å². The van der Waals surface area contributed by atoms with Crippen molar-refractivity contribution in [1.29, 1.82) is 5.26 Å². The maximum Gasteiger partial charge on any atom is 0.142 e. The van der Waals surface area contributed by atoms with E-state index in [1.807, 2.05) is 13.1 Å². The first-order valence-electron chi connectivity index (χ1n) is 6.19. The average Bonchev–Trinajstić information content (AvgIpc) is 2.78. The molecule has 4 nitrogen and oxygen atoms in total. The van der Waals surface area contributed by atoms with Crippen molar-refractivity contribution in [3.05, 3.63) is 32.0 Å². The standard InChI is InChI=1S/C14H11ClIN3O/c1-19-13(12(16)7-18-19)9-5-11(15)8-3-2-4-20-14(8)10(9)6-17/h5,7H,2-4H2,1H3. The summed E-state index contributed by atoms with van der Waals surface area (Å²) in [7, 11) is 1.85. The largest absolute Gasteiger partial charge is 0.492 e. The number of hydrogen-bond donors (Lipinski definition) is 0. The van der Waals surface area contributed by atoms with E-state index >= 15 is 0 Å². The van der Waals surface area contributed by atoms with Gasteiger partial charge in [0.05, 0.1) is 22.1 Å². The number of benzene rings is 1. The van der Waals surface area contributed by atoms with Gasteiger partial charge in [0.1, 0.15) is 17.4 Å². The van der Waals surface area contributed by atoms with Crippen LogP contribution in [0.1, 0.15) is 17.5 Å². The quantitative estimate of drug-likeness (QED) is 0.689. The normalized spacial score (nSPS) is 13.5. The van der Waals surface area contributed by atoms with Gasteiger partial charge in [-0.3, -0.25) is 4.68 Å². The molecule has 0 spiro atoms. The van der Waals surface area contributed by atoms with Gasteiger partial charge < -0.3 is 4.74 Å². The monoisotopic (exact) mass is 399 g/mol. The van der Waals surface area contributed by atoms with E-state index in [1.165, 1.54) is 0 Å². The van der Waals surface area contributed by atoms with E-state index in [1.54, 1.807) is 10.9 Å². The third-order valence-corrected chi connectivity index (χ3v) is 4.54. The van der Waals surface area contributed by atoms with Crippen LogP contribution in [0.4, 0.5) is 0 Å². The van der Waals surface area contributed by atoms with Gasteiger partial charge in [-0.05, 0) is 41.5 Å². The van der Waals surface area contributed by atoms with Gasteiger partial charge in [-0.1, -0.05) is 11.6 Å². The number of halogens is 2. The van der Waals surface area contributed by atoms with Crippen molar-refractivity contribution in [2.45, 2.75) is 12.8 Å². The molecule has 0 saturated carbocycles. The van der Waals surface area contributed by atoms with Crippen LogP contribution < -0.4 is 4.74 Å². The highest BCUT2D eigenvalue weighted by Crippen LogP contribution is 2.41. The SMILES string of the molecule is Cn1ncc(I)c1-c1cc(Cl)c2c(c1C#N)OCCC2. The number of ether oxygens (including phenoxy) is 1. The third-order valence-electron chi connectivity index (χ3n) is 3.41. The van der Waals surface area contributed by atoms with E-state index < -0.39 is 0 Å². The van der Waals surface area contributed by atoms with Crippen LogP contribution in [0.15, 0.2) is 12.3 Å². The van der Waals surface area contributed by atoms with Gasteiger partial charge in [0, 0.05) is 23.2 Å². The summed E-state index contributed by atoms with van der Waals surface area (Å²) in [5.74, 6) is 0.637. The summed E-state index contributed by atoms with van der Waals surface area (Å²) >= 11 is 8.58. The molecule has 0 unspecified atom stereocenters. The molecule has 0 fully saturated rings. The van der Waals surface area contributed by atoms with E-state index in [0.29, 0.717) is 22.9 Å². The minimum atomic E-state index is 0.547. The molecule has 20 heavy (non-hydrogen) atoms. The third kappa shape index (κ3) is 2.07. The first-order valence-corrected chi connectivity index (χ1v) is 7.65. The van der Waals surface area contributed by atoms with Crippen LogP contribution in [0.25, 0.3) is 11.3 Å². The minimum absolute atomic E-state index is 0.547. The van der Waals surface area contributed by atoms with Crippen molar-refractivity contribution in [2.24, 2.45) is 7.05 Å². The van der Waals surface area contributed by atoms with Crippen molar-refractivity contribution < 1.29 is 4.74 Å². The van der Waals surface area contributed by atoms with Crippen LogP contribution in [-0.2, 0) is 13.5 Å². The molecule has 1 aliphatic rings. The van der Waals surface area contributed by atoms with Gasteiger partial charge in [-0.2, -0.15) is 10.4 Å². The van der Waals surface area contributed by atoms with Crippen LogP contribution in [0, 0.1) is 14.9 Å². The van der Waals surface area contributed by atoms with Crippen molar-refractivity contribution in [1.82, 2.24) is 9.78 Å². The summed E-state index contributed by atoms with van der Waals surface area (Å²) in [6.45, 7) is 0.629. The fraction of sp³-hybridized carbons (Fsp3) is 0.286. The molecule has 0 atom stereocenters. The molecule has 0 bridgehead atoms. The van der Waals surface area contributed by atoms with Crippen molar-refractivity contribution in [3.63, 3.8) is 0 Å². The zero-order valence-electron chi connectivity index (χ0n) is 10.8. The number of hydrogen-bond acceptors (Lipinski definition) is 3. The lowest BCUT2D eigenvalue weighted by Crippen LogP contribution is -2.11. The Hall–Kier alpha value is -1.26. The first kappa shape index (κ1) is 13.7. The highest BCUT2D eigenvalue weighted by molar-refractivity contribution is 14.1.